The molecule has 0 aliphatic carbocycles. The summed E-state index contributed by atoms with van der Waals surface area (Å²) in [5, 5.41) is 0. The molecule has 0 spiro atoms. The van der Waals surface area contributed by atoms with Crippen molar-refractivity contribution in [3.63, 3.8) is 0 Å². The number of allylic oxidation sites excluding steroid dienone is 3. The number of hydrogen-bond acceptors (Lipinski definition) is 3. The van der Waals surface area contributed by atoms with Crippen molar-refractivity contribution in [3.05, 3.63) is 24.3 Å². The third-order valence-corrected chi connectivity index (χ3v) is 2.82. The maximum atomic E-state index is 11.5. The number of carbonyl (C=O) groups excluding carboxylic acids is 2. The second-order valence-corrected chi connectivity index (χ2v) is 4.47. The van der Waals surface area contributed by atoms with Crippen LogP contribution in [-0.4, -0.2) is 18.4 Å². The summed E-state index contributed by atoms with van der Waals surface area (Å²) in [5.41, 5.74) is 0. The number of carbonyl (C=O) groups is 2. The van der Waals surface area contributed by atoms with Crippen LogP contribution in [0, 0.1) is 0 Å². The Morgan fingerprint density at radius 3 is 2.39 bits per heavy atom. The molecule has 0 aromatic rings. The van der Waals surface area contributed by atoms with Gasteiger partial charge < -0.3 is 4.74 Å². The van der Waals surface area contributed by atoms with Crippen molar-refractivity contribution in [1.82, 2.24) is 0 Å². The third kappa shape index (κ3) is 7.82. The summed E-state index contributed by atoms with van der Waals surface area (Å²) in [6.07, 6.45) is 14.0. The first-order valence-electron chi connectivity index (χ1n) is 6.76. The summed E-state index contributed by atoms with van der Waals surface area (Å²) in [6.45, 7) is 0.437. The van der Waals surface area contributed by atoms with E-state index in [1.807, 2.05) is 6.08 Å². The fourth-order valence-corrected chi connectivity index (χ4v) is 1.79. The zero-order valence-corrected chi connectivity index (χ0v) is 10.9. The van der Waals surface area contributed by atoms with Gasteiger partial charge in [0.05, 0.1) is 6.61 Å². The summed E-state index contributed by atoms with van der Waals surface area (Å²) >= 11 is 0. The Balaban J connectivity index is 2.36. The lowest BCUT2D eigenvalue weighted by molar-refractivity contribution is -0.143. The lowest BCUT2D eigenvalue weighted by Crippen LogP contribution is -2.06. The normalized spacial score (nSPS) is 20.7. The van der Waals surface area contributed by atoms with Gasteiger partial charge in [-0.3, -0.25) is 9.59 Å². The Hall–Kier alpha value is -1.38. The topological polar surface area (TPSA) is 43.4 Å². The van der Waals surface area contributed by atoms with Gasteiger partial charge >= 0.3 is 5.97 Å². The molecule has 0 radical (unpaired) electrons. The van der Waals surface area contributed by atoms with Gasteiger partial charge in [0.25, 0.3) is 0 Å². The molecule has 0 N–H and O–H groups in total. The molecule has 1 aliphatic heterocycles. The van der Waals surface area contributed by atoms with Crippen LogP contribution in [0.25, 0.3) is 0 Å². The highest BCUT2D eigenvalue weighted by Crippen LogP contribution is 2.06. The monoisotopic (exact) mass is 250 g/mol. The number of cyclic esters (lactones) is 1. The standard InChI is InChI=1S/C15H22O3/c16-14-10-7-5-3-1-2-4-6-8-13-18-15(17)12-9-11-14/h1,3-4,6H,2,5,7-13H2. The minimum atomic E-state index is -0.191. The van der Waals surface area contributed by atoms with Gasteiger partial charge in [-0.05, 0) is 32.1 Å². The first-order valence-corrected chi connectivity index (χ1v) is 6.76. The first kappa shape index (κ1) is 14.7. The van der Waals surface area contributed by atoms with E-state index in [1.165, 1.54) is 0 Å². The van der Waals surface area contributed by atoms with Crippen molar-refractivity contribution >= 4 is 11.8 Å². The van der Waals surface area contributed by atoms with E-state index in [4.69, 9.17) is 4.74 Å². The second-order valence-electron chi connectivity index (χ2n) is 4.47. The number of Topliss-reactive ketones (excluding diaryl/α,β-unsaturated/α-hetero) is 1. The van der Waals surface area contributed by atoms with Gasteiger partial charge in [0.15, 0.2) is 0 Å². The van der Waals surface area contributed by atoms with Crippen LogP contribution < -0.4 is 0 Å². The minimum Gasteiger partial charge on any atom is -0.465 e. The summed E-state index contributed by atoms with van der Waals surface area (Å²) in [7, 11) is 0. The van der Waals surface area contributed by atoms with Crippen LogP contribution in [0.1, 0.15) is 51.4 Å². The van der Waals surface area contributed by atoms with Crippen LogP contribution in [0.15, 0.2) is 24.3 Å². The smallest absolute Gasteiger partial charge is 0.305 e. The highest BCUT2D eigenvalue weighted by molar-refractivity contribution is 5.79. The van der Waals surface area contributed by atoms with E-state index in [1.54, 1.807) is 0 Å². The predicted octanol–water partition coefficient (Wildman–Crippen LogP) is 3.35. The summed E-state index contributed by atoms with van der Waals surface area (Å²) in [5.74, 6) is 0.0615. The van der Waals surface area contributed by atoms with E-state index in [0.717, 1.165) is 25.7 Å². The van der Waals surface area contributed by atoms with Crippen molar-refractivity contribution in [2.24, 2.45) is 0 Å². The Kier molecular flexibility index (Phi) is 7.85. The Bertz CT molecular complexity index is 286. The number of esters is 1. The largest absolute Gasteiger partial charge is 0.465 e. The highest BCUT2D eigenvalue weighted by Gasteiger charge is 2.06. The molecule has 0 fully saturated rings. The molecule has 0 saturated heterocycles. The van der Waals surface area contributed by atoms with Crippen molar-refractivity contribution in [1.29, 1.82) is 0 Å². The van der Waals surface area contributed by atoms with Crippen LogP contribution in [0.3, 0.4) is 0 Å². The lowest BCUT2D eigenvalue weighted by atomic mass is 10.1. The molecule has 0 aromatic heterocycles. The van der Waals surface area contributed by atoms with E-state index >= 15 is 0 Å². The fraction of sp³-hybridized carbons (Fsp3) is 0.600. The van der Waals surface area contributed by atoms with Crippen molar-refractivity contribution in [3.8, 4) is 0 Å². The van der Waals surface area contributed by atoms with E-state index in [-0.39, 0.29) is 11.8 Å². The quantitative estimate of drug-likeness (QED) is 0.489. The molecule has 0 saturated carbocycles. The Morgan fingerprint density at radius 1 is 0.833 bits per heavy atom. The Morgan fingerprint density at radius 2 is 1.56 bits per heavy atom. The van der Waals surface area contributed by atoms with Crippen molar-refractivity contribution in [2.75, 3.05) is 6.61 Å². The molecule has 18 heavy (non-hydrogen) atoms. The zero-order valence-electron chi connectivity index (χ0n) is 10.9. The third-order valence-electron chi connectivity index (χ3n) is 2.82. The SMILES string of the molecule is O=C1CCCC=CCC=CCCOC(=O)CCC1. The maximum absolute atomic E-state index is 11.5. The van der Waals surface area contributed by atoms with Gasteiger partial charge in [0, 0.05) is 19.3 Å². The van der Waals surface area contributed by atoms with Gasteiger partial charge in [-0.2, -0.15) is 0 Å². The van der Waals surface area contributed by atoms with Gasteiger partial charge in [-0.15, -0.1) is 0 Å². The van der Waals surface area contributed by atoms with Crippen LogP contribution in [0.2, 0.25) is 0 Å². The molecule has 1 aliphatic rings. The maximum Gasteiger partial charge on any atom is 0.305 e. The molecule has 1 rings (SSSR count). The van der Waals surface area contributed by atoms with E-state index in [2.05, 4.69) is 18.2 Å². The second kappa shape index (κ2) is 9.63. The molecule has 1 heterocycles. The minimum absolute atomic E-state index is 0.191. The van der Waals surface area contributed by atoms with Crippen molar-refractivity contribution < 1.29 is 14.3 Å². The molecular formula is C15H22O3. The summed E-state index contributed by atoms with van der Waals surface area (Å²) in [6, 6.07) is 0. The van der Waals surface area contributed by atoms with Gasteiger partial charge in [-0.25, -0.2) is 0 Å². The Labute approximate surface area is 109 Å². The average molecular weight is 250 g/mol. The summed E-state index contributed by atoms with van der Waals surface area (Å²) < 4.78 is 5.06. The molecule has 0 aromatic carbocycles. The average Bonchev–Trinajstić information content (AvgIpc) is 2.34. The molecule has 0 amide bonds. The van der Waals surface area contributed by atoms with Crippen LogP contribution in [0.4, 0.5) is 0 Å². The number of hydrogen-bond donors (Lipinski definition) is 0. The fourth-order valence-electron chi connectivity index (χ4n) is 1.79. The molecule has 3 nitrogen and oxygen atoms in total. The van der Waals surface area contributed by atoms with Crippen LogP contribution in [0.5, 0.6) is 0 Å². The zero-order chi connectivity index (χ0) is 13.1. The van der Waals surface area contributed by atoms with Crippen LogP contribution in [-0.2, 0) is 14.3 Å². The van der Waals surface area contributed by atoms with Gasteiger partial charge in [0.1, 0.15) is 5.78 Å². The number of rotatable bonds is 0. The van der Waals surface area contributed by atoms with Crippen molar-refractivity contribution in [2.45, 2.75) is 51.4 Å². The van der Waals surface area contributed by atoms with E-state index in [9.17, 15) is 9.59 Å². The molecule has 3 heteroatoms. The molecule has 0 bridgehead atoms. The van der Waals surface area contributed by atoms with E-state index in [0.29, 0.717) is 32.3 Å². The summed E-state index contributed by atoms with van der Waals surface area (Å²) in [4.78, 5) is 22.8. The first-order chi connectivity index (χ1) is 8.79. The van der Waals surface area contributed by atoms with Crippen LogP contribution >= 0.6 is 0 Å². The molecule has 0 unspecified atom stereocenters. The van der Waals surface area contributed by atoms with Gasteiger partial charge in [-0.1, -0.05) is 24.3 Å². The number of ether oxygens (including phenoxy) is 1. The molecule has 100 valence electrons. The van der Waals surface area contributed by atoms with E-state index < -0.39 is 0 Å². The predicted molar refractivity (Wildman–Crippen MR) is 71.2 cm³/mol. The van der Waals surface area contributed by atoms with Gasteiger partial charge in [0.2, 0.25) is 0 Å². The number of ketones is 1. The molecule has 0 atom stereocenters. The molecular weight excluding hydrogens is 228 g/mol. The highest BCUT2D eigenvalue weighted by atomic mass is 16.5. The lowest BCUT2D eigenvalue weighted by Gasteiger charge is -2.03.